The minimum atomic E-state index is -3.44. The predicted octanol–water partition coefficient (Wildman–Crippen LogP) is 2.01. The summed E-state index contributed by atoms with van der Waals surface area (Å²) in [4.78, 5) is 0.295. The SMILES string of the molecule is CNc1ccccc1S(=O)(=O)NCC(C)CSC. The number of para-hydroxylation sites is 1. The van der Waals surface area contributed by atoms with Gasteiger partial charge in [-0.3, -0.25) is 0 Å². The van der Waals surface area contributed by atoms with Gasteiger partial charge in [-0.25, -0.2) is 13.1 Å². The van der Waals surface area contributed by atoms with Crippen molar-refractivity contribution in [2.45, 2.75) is 11.8 Å². The third-order valence-electron chi connectivity index (χ3n) is 2.52. The molecule has 1 atom stereocenters. The minimum absolute atomic E-state index is 0.295. The van der Waals surface area contributed by atoms with Crippen LogP contribution in [0.3, 0.4) is 0 Å². The van der Waals surface area contributed by atoms with Gasteiger partial charge < -0.3 is 5.32 Å². The zero-order valence-electron chi connectivity index (χ0n) is 10.9. The van der Waals surface area contributed by atoms with Gasteiger partial charge >= 0.3 is 0 Å². The third-order valence-corrected chi connectivity index (χ3v) is 4.90. The fourth-order valence-corrected chi connectivity index (χ4v) is 3.64. The highest BCUT2D eigenvalue weighted by molar-refractivity contribution is 7.98. The predicted molar refractivity (Wildman–Crippen MR) is 78.7 cm³/mol. The lowest BCUT2D eigenvalue weighted by Gasteiger charge is -2.14. The quantitative estimate of drug-likeness (QED) is 0.806. The molecular formula is C12H20N2O2S2. The molecule has 0 saturated carbocycles. The normalized spacial score (nSPS) is 13.3. The molecule has 18 heavy (non-hydrogen) atoms. The highest BCUT2D eigenvalue weighted by Gasteiger charge is 2.18. The van der Waals surface area contributed by atoms with Crippen LogP contribution < -0.4 is 10.0 Å². The molecule has 0 bridgehead atoms. The van der Waals surface area contributed by atoms with Crippen molar-refractivity contribution in [3.63, 3.8) is 0 Å². The molecule has 6 heteroatoms. The van der Waals surface area contributed by atoms with Gasteiger partial charge in [0.05, 0.1) is 5.69 Å². The smallest absolute Gasteiger partial charge is 0.242 e. The summed E-state index contributed by atoms with van der Waals surface area (Å²) in [5.41, 5.74) is 0.613. The van der Waals surface area contributed by atoms with E-state index in [1.165, 1.54) is 0 Å². The van der Waals surface area contributed by atoms with E-state index >= 15 is 0 Å². The molecule has 0 spiro atoms. The number of thioether (sulfide) groups is 1. The first-order valence-corrected chi connectivity index (χ1v) is 8.64. The number of nitrogens with one attached hydrogen (secondary N) is 2. The second kappa shape index (κ2) is 7.01. The molecule has 0 amide bonds. The molecule has 1 unspecified atom stereocenters. The lowest BCUT2D eigenvalue weighted by molar-refractivity contribution is 0.563. The molecule has 1 aromatic rings. The van der Waals surface area contributed by atoms with Crippen molar-refractivity contribution >= 4 is 27.5 Å². The molecule has 0 aliphatic carbocycles. The average molecular weight is 288 g/mol. The van der Waals surface area contributed by atoms with Crippen LogP contribution in [0.1, 0.15) is 6.92 Å². The van der Waals surface area contributed by atoms with Crippen LogP contribution in [0.25, 0.3) is 0 Å². The van der Waals surface area contributed by atoms with Crippen LogP contribution in [0.2, 0.25) is 0 Å². The summed E-state index contributed by atoms with van der Waals surface area (Å²) >= 11 is 1.72. The van der Waals surface area contributed by atoms with E-state index in [4.69, 9.17) is 0 Å². The van der Waals surface area contributed by atoms with Crippen LogP contribution in [0.5, 0.6) is 0 Å². The first kappa shape index (κ1) is 15.3. The largest absolute Gasteiger partial charge is 0.387 e. The summed E-state index contributed by atoms with van der Waals surface area (Å²) in [7, 11) is -1.73. The Morgan fingerprint density at radius 1 is 1.33 bits per heavy atom. The standard InChI is InChI=1S/C12H20N2O2S2/c1-10(9-17-3)8-14-18(15,16)12-7-5-4-6-11(12)13-2/h4-7,10,13-14H,8-9H2,1-3H3. The van der Waals surface area contributed by atoms with E-state index in [9.17, 15) is 8.42 Å². The summed E-state index contributed by atoms with van der Waals surface area (Å²) in [5.74, 6) is 1.26. The minimum Gasteiger partial charge on any atom is -0.387 e. The first-order chi connectivity index (χ1) is 8.51. The van der Waals surface area contributed by atoms with Gasteiger partial charge in [-0.2, -0.15) is 11.8 Å². The first-order valence-electron chi connectivity index (χ1n) is 5.76. The number of rotatable bonds is 7. The van der Waals surface area contributed by atoms with Gasteiger partial charge in [0.1, 0.15) is 4.90 Å². The van der Waals surface area contributed by atoms with Gasteiger partial charge in [-0.05, 0) is 30.1 Å². The molecule has 4 nitrogen and oxygen atoms in total. The molecule has 1 rings (SSSR count). The number of hydrogen-bond donors (Lipinski definition) is 2. The number of anilines is 1. The van der Waals surface area contributed by atoms with Gasteiger partial charge in [-0.1, -0.05) is 19.1 Å². The van der Waals surface area contributed by atoms with E-state index in [0.29, 0.717) is 23.0 Å². The van der Waals surface area contributed by atoms with Crippen LogP contribution in [0, 0.1) is 5.92 Å². The highest BCUT2D eigenvalue weighted by Crippen LogP contribution is 2.20. The van der Waals surface area contributed by atoms with Gasteiger partial charge in [0.2, 0.25) is 10.0 Å². The Balaban J connectivity index is 2.80. The molecule has 0 aromatic heterocycles. The zero-order valence-corrected chi connectivity index (χ0v) is 12.6. The van der Waals surface area contributed by atoms with Crippen LogP contribution in [-0.4, -0.2) is 34.0 Å². The average Bonchev–Trinajstić information content (AvgIpc) is 2.37. The Morgan fingerprint density at radius 2 is 2.00 bits per heavy atom. The molecule has 2 N–H and O–H groups in total. The van der Waals surface area contributed by atoms with Crippen molar-refractivity contribution < 1.29 is 8.42 Å². The summed E-state index contributed by atoms with van der Waals surface area (Å²) in [6, 6.07) is 6.88. The maximum Gasteiger partial charge on any atom is 0.242 e. The zero-order chi connectivity index (χ0) is 13.6. The highest BCUT2D eigenvalue weighted by atomic mass is 32.2. The van der Waals surface area contributed by atoms with Crippen LogP contribution in [-0.2, 0) is 10.0 Å². The van der Waals surface area contributed by atoms with Crippen LogP contribution in [0.4, 0.5) is 5.69 Å². The molecule has 0 aliphatic rings. The summed E-state index contributed by atoms with van der Waals surface area (Å²) in [6.45, 7) is 2.49. The van der Waals surface area contributed by atoms with Gasteiger partial charge in [0.15, 0.2) is 0 Å². The monoisotopic (exact) mass is 288 g/mol. The molecular weight excluding hydrogens is 268 g/mol. The van der Waals surface area contributed by atoms with E-state index in [2.05, 4.69) is 10.0 Å². The fraction of sp³-hybridized carbons (Fsp3) is 0.500. The van der Waals surface area contributed by atoms with Gasteiger partial charge in [0, 0.05) is 13.6 Å². The van der Waals surface area contributed by atoms with Crippen molar-refractivity contribution in [1.82, 2.24) is 4.72 Å². The molecule has 0 fully saturated rings. The lowest BCUT2D eigenvalue weighted by Crippen LogP contribution is -2.29. The number of sulfonamides is 1. The maximum absolute atomic E-state index is 12.2. The molecule has 102 valence electrons. The summed E-state index contributed by atoms with van der Waals surface area (Å²) in [6.07, 6.45) is 2.02. The summed E-state index contributed by atoms with van der Waals surface area (Å²) < 4.78 is 27.0. The second-order valence-corrected chi connectivity index (χ2v) is 6.80. The lowest BCUT2D eigenvalue weighted by atomic mass is 10.2. The molecule has 0 aliphatic heterocycles. The Hall–Kier alpha value is -0.720. The van der Waals surface area contributed by atoms with Gasteiger partial charge in [0.25, 0.3) is 0 Å². The maximum atomic E-state index is 12.2. The Labute approximate surface area is 114 Å². The fourth-order valence-electron chi connectivity index (χ4n) is 1.58. The summed E-state index contributed by atoms with van der Waals surface area (Å²) in [5, 5.41) is 2.89. The van der Waals surface area contributed by atoms with E-state index in [1.807, 2.05) is 13.2 Å². The molecule has 0 radical (unpaired) electrons. The number of hydrogen-bond acceptors (Lipinski definition) is 4. The van der Waals surface area contributed by atoms with Crippen molar-refractivity contribution in [2.24, 2.45) is 5.92 Å². The second-order valence-electron chi connectivity index (χ2n) is 4.16. The van der Waals surface area contributed by atoms with E-state index < -0.39 is 10.0 Å². The Bertz CT molecular complexity index is 475. The number of benzene rings is 1. The third kappa shape index (κ3) is 4.19. The van der Waals surface area contributed by atoms with E-state index in [-0.39, 0.29) is 0 Å². The Kier molecular flexibility index (Phi) is 5.98. The molecule has 0 saturated heterocycles. The van der Waals surface area contributed by atoms with Gasteiger partial charge in [-0.15, -0.1) is 0 Å². The van der Waals surface area contributed by atoms with Crippen molar-refractivity contribution in [3.8, 4) is 0 Å². The molecule has 0 heterocycles. The van der Waals surface area contributed by atoms with Crippen LogP contribution in [0.15, 0.2) is 29.2 Å². The van der Waals surface area contributed by atoms with E-state index in [1.54, 1.807) is 43.1 Å². The van der Waals surface area contributed by atoms with Crippen molar-refractivity contribution in [3.05, 3.63) is 24.3 Å². The van der Waals surface area contributed by atoms with Crippen LogP contribution >= 0.6 is 11.8 Å². The molecule has 1 aromatic carbocycles. The van der Waals surface area contributed by atoms with E-state index in [0.717, 1.165) is 5.75 Å². The van der Waals surface area contributed by atoms with Crippen molar-refractivity contribution in [1.29, 1.82) is 0 Å². The Morgan fingerprint density at radius 3 is 2.61 bits per heavy atom. The topological polar surface area (TPSA) is 58.2 Å². The van der Waals surface area contributed by atoms with Crippen molar-refractivity contribution in [2.75, 3.05) is 30.9 Å².